The number of azide groups is 2. The van der Waals surface area contributed by atoms with Crippen LogP contribution in [0.2, 0.25) is 0 Å². The van der Waals surface area contributed by atoms with E-state index in [4.69, 9.17) is 11.1 Å². The first-order valence-corrected chi connectivity index (χ1v) is 9.56. The average Bonchev–Trinajstić information content (AvgIpc) is 2.79. The van der Waals surface area contributed by atoms with Crippen molar-refractivity contribution in [3.63, 3.8) is 0 Å². The van der Waals surface area contributed by atoms with E-state index in [-0.39, 0.29) is 5.91 Å². The van der Waals surface area contributed by atoms with Crippen molar-refractivity contribution in [2.24, 2.45) is 10.2 Å². The van der Waals surface area contributed by atoms with Crippen LogP contribution in [0.4, 0.5) is 22.7 Å². The summed E-state index contributed by atoms with van der Waals surface area (Å²) in [4.78, 5) is 24.0. The predicted octanol–water partition coefficient (Wildman–Crippen LogP) is 6.72. The maximum atomic E-state index is 12.2. The van der Waals surface area contributed by atoms with E-state index in [1.807, 2.05) is 24.3 Å². The highest BCUT2D eigenvalue weighted by Gasteiger charge is 2.12. The van der Waals surface area contributed by atoms with Crippen LogP contribution in [-0.4, -0.2) is 29.9 Å². The van der Waals surface area contributed by atoms with Crippen molar-refractivity contribution in [2.45, 2.75) is 0 Å². The largest absolute Gasteiger partial charge is 0.354 e. The maximum Gasteiger partial charge on any atom is 0.253 e. The number of aromatic nitrogens is 1. The first kappa shape index (κ1) is 20.5. The van der Waals surface area contributed by atoms with E-state index in [1.54, 1.807) is 50.5 Å². The number of hydrogen-bond donors (Lipinski definition) is 1. The zero-order valence-corrected chi connectivity index (χ0v) is 17.3. The summed E-state index contributed by atoms with van der Waals surface area (Å²) >= 11 is 0. The fraction of sp³-hybridized carbons (Fsp3) is 0.0909. The van der Waals surface area contributed by atoms with Gasteiger partial charge >= 0.3 is 0 Å². The Balaban J connectivity index is 1.87. The smallest absolute Gasteiger partial charge is 0.253 e. The number of amides is 1. The number of carbonyl (C=O) groups is 1. The fourth-order valence-electron chi connectivity index (χ4n) is 3.38. The van der Waals surface area contributed by atoms with Crippen molar-refractivity contribution in [1.29, 1.82) is 0 Å². The SMILES string of the molecule is CN(C)C(=O)c1ccc(Nc2c3ccc(N=[N+]=[N-])cc3nc3cc(N=[N+]=[N-])ccc23)cc1. The standard InChI is InChI=1S/C22H17N9O/c1-31(2)22(32)13-3-5-14(6-4-13)25-21-17-9-7-15(27-29-23)11-19(17)26-20-12-16(28-30-24)8-10-18(20)21/h3-12H,1-2H3,(H,25,26). The number of carbonyl (C=O) groups excluding carboxylic acids is 1. The van der Waals surface area contributed by atoms with Crippen LogP contribution in [0, 0.1) is 0 Å². The van der Waals surface area contributed by atoms with Crippen molar-refractivity contribution < 1.29 is 4.79 Å². The highest BCUT2D eigenvalue weighted by Crippen LogP contribution is 2.36. The summed E-state index contributed by atoms with van der Waals surface area (Å²) < 4.78 is 0. The number of rotatable bonds is 5. The molecule has 3 aromatic carbocycles. The summed E-state index contributed by atoms with van der Waals surface area (Å²) in [5.74, 6) is -0.0764. The van der Waals surface area contributed by atoms with Crippen LogP contribution in [0.15, 0.2) is 70.9 Å². The van der Waals surface area contributed by atoms with Crippen molar-refractivity contribution in [1.82, 2.24) is 9.88 Å². The highest BCUT2D eigenvalue weighted by atomic mass is 16.2. The molecule has 10 nitrogen and oxygen atoms in total. The number of fused-ring (bicyclic) bond motifs is 2. The van der Waals surface area contributed by atoms with Gasteiger partial charge in [-0.3, -0.25) is 4.79 Å². The van der Waals surface area contributed by atoms with Gasteiger partial charge in [-0.2, -0.15) is 0 Å². The number of pyridine rings is 1. The summed E-state index contributed by atoms with van der Waals surface area (Å²) in [5, 5.41) is 12.4. The zero-order chi connectivity index (χ0) is 22.7. The Morgan fingerprint density at radius 1 is 0.875 bits per heavy atom. The van der Waals surface area contributed by atoms with Crippen LogP contribution < -0.4 is 5.32 Å². The molecule has 0 saturated heterocycles. The number of nitrogens with zero attached hydrogens (tertiary/aromatic N) is 8. The van der Waals surface area contributed by atoms with Crippen LogP contribution in [0.5, 0.6) is 0 Å². The molecule has 0 aliphatic heterocycles. The van der Waals surface area contributed by atoms with Gasteiger partial charge in [-0.05, 0) is 47.5 Å². The summed E-state index contributed by atoms with van der Waals surface area (Å²) in [5.41, 5.74) is 21.8. The van der Waals surface area contributed by atoms with E-state index in [2.05, 4.69) is 30.4 Å². The second kappa shape index (κ2) is 8.53. The molecule has 0 spiro atoms. The lowest BCUT2D eigenvalue weighted by molar-refractivity contribution is 0.0827. The third-order valence-corrected chi connectivity index (χ3v) is 4.87. The van der Waals surface area contributed by atoms with Gasteiger partial charge in [0, 0.05) is 57.3 Å². The molecule has 4 rings (SSSR count). The van der Waals surface area contributed by atoms with E-state index < -0.39 is 0 Å². The summed E-state index contributed by atoms with van der Waals surface area (Å²) in [6.07, 6.45) is 0. The molecule has 0 aliphatic carbocycles. The Labute approximate surface area is 182 Å². The van der Waals surface area contributed by atoms with Crippen molar-refractivity contribution in [3.05, 3.63) is 87.1 Å². The monoisotopic (exact) mass is 423 g/mol. The first-order valence-electron chi connectivity index (χ1n) is 9.56. The van der Waals surface area contributed by atoms with Gasteiger partial charge in [0.15, 0.2) is 0 Å². The maximum absolute atomic E-state index is 12.2. The van der Waals surface area contributed by atoms with Crippen molar-refractivity contribution >= 4 is 50.5 Å². The van der Waals surface area contributed by atoms with Crippen molar-refractivity contribution in [2.75, 3.05) is 19.4 Å². The zero-order valence-electron chi connectivity index (χ0n) is 17.3. The van der Waals surface area contributed by atoms with Gasteiger partial charge in [0.25, 0.3) is 5.91 Å². The Hall–Kier alpha value is -4.78. The molecular formula is C22H17N9O. The Kier molecular flexibility index (Phi) is 5.46. The molecule has 0 atom stereocenters. The van der Waals surface area contributed by atoms with E-state index in [0.717, 1.165) is 22.1 Å². The van der Waals surface area contributed by atoms with Crippen molar-refractivity contribution in [3.8, 4) is 0 Å². The van der Waals surface area contributed by atoms with Gasteiger partial charge < -0.3 is 10.2 Å². The van der Waals surface area contributed by atoms with Crippen LogP contribution >= 0.6 is 0 Å². The van der Waals surface area contributed by atoms with E-state index >= 15 is 0 Å². The van der Waals surface area contributed by atoms with E-state index in [9.17, 15) is 4.79 Å². The first-order chi connectivity index (χ1) is 15.5. The van der Waals surface area contributed by atoms with Gasteiger partial charge in [-0.15, -0.1) is 0 Å². The van der Waals surface area contributed by atoms with Crippen LogP contribution in [-0.2, 0) is 0 Å². The van der Waals surface area contributed by atoms with Gasteiger partial charge in [-0.1, -0.05) is 34.5 Å². The third kappa shape index (κ3) is 3.95. The lowest BCUT2D eigenvalue weighted by Gasteiger charge is -2.15. The molecule has 156 valence electrons. The predicted molar refractivity (Wildman–Crippen MR) is 125 cm³/mol. The molecule has 10 heteroatoms. The molecule has 1 heterocycles. The normalized spacial score (nSPS) is 10.3. The molecule has 1 amide bonds. The van der Waals surface area contributed by atoms with Crippen LogP contribution in [0.25, 0.3) is 42.7 Å². The molecule has 0 saturated carbocycles. The lowest BCUT2D eigenvalue weighted by Crippen LogP contribution is -2.21. The molecule has 0 unspecified atom stereocenters. The molecule has 1 N–H and O–H groups in total. The highest BCUT2D eigenvalue weighted by molar-refractivity contribution is 6.09. The molecule has 1 aromatic heterocycles. The second-order valence-electron chi connectivity index (χ2n) is 7.17. The van der Waals surface area contributed by atoms with Gasteiger partial charge in [-0.25, -0.2) is 4.98 Å². The van der Waals surface area contributed by atoms with Gasteiger partial charge in [0.05, 0.1) is 16.7 Å². The molecule has 32 heavy (non-hydrogen) atoms. The lowest BCUT2D eigenvalue weighted by atomic mass is 10.1. The minimum atomic E-state index is -0.0764. The molecule has 0 radical (unpaired) electrons. The average molecular weight is 423 g/mol. The summed E-state index contributed by atoms with van der Waals surface area (Å²) in [6, 6.07) is 17.7. The van der Waals surface area contributed by atoms with E-state index in [1.165, 1.54) is 4.90 Å². The minimum absolute atomic E-state index is 0.0764. The third-order valence-electron chi connectivity index (χ3n) is 4.87. The number of anilines is 2. The molecule has 0 aliphatic rings. The Morgan fingerprint density at radius 3 is 1.88 bits per heavy atom. The molecular weight excluding hydrogens is 406 g/mol. The van der Waals surface area contributed by atoms with Gasteiger partial charge in [0.1, 0.15) is 0 Å². The quantitative estimate of drug-likeness (QED) is 0.165. The summed E-state index contributed by atoms with van der Waals surface area (Å²) in [6.45, 7) is 0. The molecule has 0 bridgehead atoms. The Morgan fingerprint density at radius 2 is 1.41 bits per heavy atom. The number of nitrogens with one attached hydrogen (secondary N) is 1. The molecule has 4 aromatic rings. The fourth-order valence-corrected chi connectivity index (χ4v) is 3.38. The Bertz CT molecular complexity index is 1370. The minimum Gasteiger partial charge on any atom is -0.354 e. The van der Waals surface area contributed by atoms with E-state index in [0.29, 0.717) is 28.0 Å². The van der Waals surface area contributed by atoms with Gasteiger partial charge in [0.2, 0.25) is 0 Å². The topological polar surface area (TPSA) is 143 Å². The molecule has 0 fully saturated rings. The number of hydrogen-bond acceptors (Lipinski definition) is 5. The van der Waals surface area contributed by atoms with Crippen LogP contribution in [0.1, 0.15) is 10.4 Å². The number of benzene rings is 3. The second-order valence-corrected chi connectivity index (χ2v) is 7.17. The van der Waals surface area contributed by atoms with Crippen LogP contribution in [0.3, 0.4) is 0 Å². The summed E-state index contributed by atoms with van der Waals surface area (Å²) in [7, 11) is 3.41.